The smallest absolute Gasteiger partial charge is 0.294 e. The van der Waals surface area contributed by atoms with Gasteiger partial charge in [-0.3, -0.25) is 19.3 Å². The van der Waals surface area contributed by atoms with E-state index in [1.807, 2.05) is 0 Å². The van der Waals surface area contributed by atoms with E-state index in [9.17, 15) is 18.8 Å². The first kappa shape index (κ1) is 22.1. The number of carbonyl (C=O) groups excluding carboxylic acids is 3. The van der Waals surface area contributed by atoms with E-state index < -0.39 is 11.1 Å². The zero-order valence-corrected chi connectivity index (χ0v) is 18.3. The fourth-order valence-corrected chi connectivity index (χ4v) is 4.41. The van der Waals surface area contributed by atoms with E-state index in [-0.39, 0.29) is 18.3 Å². The molecule has 6 nitrogen and oxygen atoms in total. The van der Waals surface area contributed by atoms with Crippen LogP contribution in [0.4, 0.5) is 9.18 Å². The van der Waals surface area contributed by atoms with Gasteiger partial charge in [0.2, 0.25) is 5.91 Å². The second-order valence-electron chi connectivity index (χ2n) is 7.69. The number of imide groups is 1. The number of carbonyl (C=O) groups is 3. The predicted molar refractivity (Wildman–Crippen MR) is 120 cm³/mol. The molecule has 0 saturated carbocycles. The van der Waals surface area contributed by atoms with Crippen molar-refractivity contribution in [2.75, 3.05) is 19.6 Å². The first-order valence-corrected chi connectivity index (χ1v) is 11.3. The summed E-state index contributed by atoms with van der Waals surface area (Å²) in [4.78, 5) is 40.5. The van der Waals surface area contributed by atoms with Gasteiger partial charge in [0.25, 0.3) is 11.1 Å². The lowest BCUT2D eigenvalue weighted by Crippen LogP contribution is -2.44. The van der Waals surface area contributed by atoms with E-state index in [2.05, 4.69) is 0 Å². The Morgan fingerprint density at radius 2 is 1.69 bits per heavy atom. The highest BCUT2D eigenvalue weighted by atomic mass is 32.2. The first-order chi connectivity index (χ1) is 15.5. The van der Waals surface area contributed by atoms with Gasteiger partial charge in [-0.15, -0.1) is 0 Å². The van der Waals surface area contributed by atoms with Crippen LogP contribution in [0.5, 0.6) is 5.75 Å². The average Bonchev–Trinajstić information content (AvgIpc) is 3.07. The van der Waals surface area contributed by atoms with Gasteiger partial charge in [-0.05, 0) is 72.5 Å². The standard InChI is InChI=1S/C24H23FN2O4S/c25-19-8-4-18(5-9-19)16-31-20-10-6-17(7-11-20)14-21-23(29)27(24(30)32-21)15-22(28)26-12-2-1-3-13-26/h4-11,14H,1-3,12-13,15-16H2/b21-14+. The molecule has 2 aromatic rings. The Kier molecular flexibility index (Phi) is 6.90. The second-order valence-corrected chi connectivity index (χ2v) is 8.69. The number of likely N-dealkylation sites (tertiary alicyclic amines) is 1. The van der Waals surface area contributed by atoms with Gasteiger partial charge >= 0.3 is 0 Å². The van der Waals surface area contributed by atoms with Crippen LogP contribution in [0.25, 0.3) is 6.08 Å². The van der Waals surface area contributed by atoms with Crippen LogP contribution in [0.3, 0.4) is 0 Å². The third kappa shape index (κ3) is 5.37. The van der Waals surface area contributed by atoms with Crippen LogP contribution in [0.15, 0.2) is 53.4 Å². The molecular formula is C24H23FN2O4S. The minimum atomic E-state index is -0.443. The molecule has 166 valence electrons. The summed E-state index contributed by atoms with van der Waals surface area (Å²) in [5.41, 5.74) is 1.59. The number of thioether (sulfide) groups is 1. The SMILES string of the molecule is O=C(CN1C(=O)S/C(=C/c2ccc(OCc3ccc(F)cc3)cc2)C1=O)N1CCCCC1. The van der Waals surface area contributed by atoms with Gasteiger partial charge in [0, 0.05) is 13.1 Å². The van der Waals surface area contributed by atoms with Gasteiger partial charge in [-0.1, -0.05) is 24.3 Å². The van der Waals surface area contributed by atoms with E-state index in [1.165, 1.54) is 12.1 Å². The third-order valence-electron chi connectivity index (χ3n) is 5.37. The van der Waals surface area contributed by atoms with Gasteiger partial charge in [0.15, 0.2) is 0 Å². The number of hydrogen-bond acceptors (Lipinski definition) is 5. The van der Waals surface area contributed by atoms with Gasteiger partial charge < -0.3 is 9.64 Å². The highest BCUT2D eigenvalue weighted by molar-refractivity contribution is 8.18. The van der Waals surface area contributed by atoms with Crippen LogP contribution < -0.4 is 4.74 Å². The summed E-state index contributed by atoms with van der Waals surface area (Å²) in [6.45, 7) is 1.46. The maximum atomic E-state index is 13.0. The zero-order valence-electron chi connectivity index (χ0n) is 17.5. The van der Waals surface area contributed by atoms with Crippen LogP contribution in [0, 0.1) is 5.82 Å². The molecule has 0 radical (unpaired) electrons. The number of ether oxygens (including phenoxy) is 1. The number of nitrogens with zero attached hydrogens (tertiary/aromatic N) is 2. The molecule has 0 N–H and O–H groups in total. The molecule has 2 aliphatic rings. The molecule has 2 fully saturated rings. The molecule has 2 heterocycles. The molecule has 0 bridgehead atoms. The summed E-state index contributed by atoms with van der Waals surface area (Å²) in [6, 6.07) is 13.2. The van der Waals surface area contributed by atoms with Crippen LogP contribution in [0.2, 0.25) is 0 Å². The lowest BCUT2D eigenvalue weighted by Gasteiger charge is -2.27. The number of rotatable bonds is 6. The molecule has 0 atom stereocenters. The van der Waals surface area contributed by atoms with E-state index in [0.717, 1.165) is 47.1 Å². The summed E-state index contributed by atoms with van der Waals surface area (Å²) < 4.78 is 18.7. The monoisotopic (exact) mass is 454 g/mol. The fourth-order valence-electron chi connectivity index (χ4n) is 3.57. The van der Waals surface area contributed by atoms with Crippen molar-refractivity contribution >= 4 is 34.9 Å². The van der Waals surface area contributed by atoms with Crippen LogP contribution in [-0.4, -0.2) is 46.5 Å². The van der Waals surface area contributed by atoms with Crippen LogP contribution >= 0.6 is 11.8 Å². The molecule has 4 rings (SSSR count). The van der Waals surface area contributed by atoms with Gasteiger partial charge in [-0.2, -0.15) is 0 Å². The largest absolute Gasteiger partial charge is 0.489 e. The number of amides is 3. The predicted octanol–water partition coefficient (Wildman–Crippen LogP) is 4.45. The van der Waals surface area contributed by atoms with Crippen molar-refractivity contribution in [3.63, 3.8) is 0 Å². The van der Waals surface area contributed by atoms with Gasteiger partial charge in [0.1, 0.15) is 24.7 Å². The Bertz CT molecular complexity index is 1030. The minimum Gasteiger partial charge on any atom is -0.489 e. The highest BCUT2D eigenvalue weighted by Crippen LogP contribution is 2.32. The Morgan fingerprint density at radius 1 is 1.00 bits per heavy atom. The Hall–Kier alpha value is -3.13. The van der Waals surface area contributed by atoms with Crippen molar-refractivity contribution in [2.24, 2.45) is 0 Å². The van der Waals surface area contributed by atoms with E-state index in [1.54, 1.807) is 47.4 Å². The maximum absolute atomic E-state index is 13.0. The fraction of sp³-hybridized carbons (Fsp3) is 0.292. The lowest BCUT2D eigenvalue weighted by molar-refractivity contribution is -0.136. The van der Waals surface area contributed by atoms with Crippen molar-refractivity contribution in [2.45, 2.75) is 25.9 Å². The third-order valence-corrected chi connectivity index (χ3v) is 6.28. The molecule has 2 aliphatic heterocycles. The summed E-state index contributed by atoms with van der Waals surface area (Å²) >= 11 is 0.844. The van der Waals surface area contributed by atoms with Crippen molar-refractivity contribution in [1.82, 2.24) is 9.80 Å². The number of hydrogen-bond donors (Lipinski definition) is 0. The summed E-state index contributed by atoms with van der Waals surface area (Å²) in [5, 5.41) is -0.425. The van der Waals surface area contributed by atoms with Crippen molar-refractivity contribution in [1.29, 1.82) is 0 Å². The number of benzene rings is 2. The average molecular weight is 455 g/mol. The van der Waals surface area contributed by atoms with Crippen molar-refractivity contribution in [3.05, 3.63) is 70.4 Å². The van der Waals surface area contributed by atoms with Crippen LogP contribution in [0.1, 0.15) is 30.4 Å². The van der Waals surface area contributed by atoms with E-state index in [0.29, 0.717) is 30.4 Å². The van der Waals surface area contributed by atoms with E-state index >= 15 is 0 Å². The molecule has 2 saturated heterocycles. The van der Waals surface area contributed by atoms with Crippen molar-refractivity contribution in [3.8, 4) is 5.75 Å². The molecule has 8 heteroatoms. The van der Waals surface area contributed by atoms with Crippen LogP contribution in [-0.2, 0) is 16.2 Å². The summed E-state index contributed by atoms with van der Waals surface area (Å²) in [5.74, 6) is -0.289. The van der Waals surface area contributed by atoms with Gasteiger partial charge in [0.05, 0.1) is 4.91 Å². The Morgan fingerprint density at radius 3 is 2.38 bits per heavy atom. The zero-order chi connectivity index (χ0) is 22.5. The molecule has 0 aliphatic carbocycles. The molecule has 0 unspecified atom stereocenters. The van der Waals surface area contributed by atoms with Gasteiger partial charge in [-0.25, -0.2) is 4.39 Å². The maximum Gasteiger partial charge on any atom is 0.294 e. The molecule has 32 heavy (non-hydrogen) atoms. The first-order valence-electron chi connectivity index (χ1n) is 10.5. The quantitative estimate of drug-likeness (QED) is 0.603. The summed E-state index contributed by atoms with van der Waals surface area (Å²) in [6.07, 6.45) is 4.65. The van der Waals surface area contributed by atoms with Crippen molar-refractivity contribution < 1.29 is 23.5 Å². The normalized spacial score (nSPS) is 17.8. The highest BCUT2D eigenvalue weighted by Gasteiger charge is 2.37. The topological polar surface area (TPSA) is 66.9 Å². The van der Waals surface area contributed by atoms with E-state index in [4.69, 9.17) is 4.74 Å². The Labute approximate surface area is 190 Å². The number of halogens is 1. The number of piperidine rings is 1. The molecule has 3 amide bonds. The Balaban J connectivity index is 1.35. The second kappa shape index (κ2) is 9.99. The molecule has 2 aromatic carbocycles. The molecule has 0 aromatic heterocycles. The summed E-state index contributed by atoms with van der Waals surface area (Å²) in [7, 11) is 0. The minimum absolute atomic E-state index is 0.184. The lowest BCUT2D eigenvalue weighted by atomic mass is 10.1. The molecule has 0 spiro atoms. The molecular weight excluding hydrogens is 431 g/mol.